The van der Waals surface area contributed by atoms with E-state index in [-0.39, 0.29) is 25.7 Å². The Hall–Kier alpha value is -3.02. The summed E-state index contributed by atoms with van der Waals surface area (Å²) < 4.78 is 4.15. The largest absolute Gasteiger partial charge is 0.481 e. The molecule has 148 valence electrons. The standard InChI is InChI=1S/2C7H11NO5/c1-4(9)13-7(12)5(8)2-3-6(10)11;1-4(9)8-5(7(12)13)2-3-6(10)11/h5H,2-3,8H2,1H3,(H,10,11);5H,2-3H2,1H3,(H,8,9)(H,10,11)(H,12,13)/t2*5-/m00/s1. The van der Waals surface area contributed by atoms with Crippen LogP contribution < -0.4 is 11.1 Å². The maximum absolute atomic E-state index is 10.8. The quantitative estimate of drug-likeness (QED) is 0.235. The van der Waals surface area contributed by atoms with Crippen LogP contribution in [0.5, 0.6) is 0 Å². The molecule has 0 aliphatic rings. The van der Waals surface area contributed by atoms with E-state index in [4.69, 9.17) is 21.1 Å². The van der Waals surface area contributed by atoms with Crippen molar-refractivity contribution in [3.8, 4) is 0 Å². The van der Waals surface area contributed by atoms with Gasteiger partial charge in [0.2, 0.25) is 5.91 Å². The van der Waals surface area contributed by atoms with Crippen LogP contribution in [0.3, 0.4) is 0 Å². The fourth-order valence-electron chi connectivity index (χ4n) is 1.38. The molecule has 0 spiro atoms. The summed E-state index contributed by atoms with van der Waals surface area (Å²) in [6, 6.07) is -2.17. The van der Waals surface area contributed by atoms with Crippen molar-refractivity contribution in [1.29, 1.82) is 0 Å². The van der Waals surface area contributed by atoms with Gasteiger partial charge < -0.3 is 31.1 Å². The number of ether oxygens (including phenoxy) is 1. The molecule has 12 heteroatoms. The molecule has 1 amide bonds. The molecule has 0 heterocycles. The van der Waals surface area contributed by atoms with Crippen LogP contribution in [0.15, 0.2) is 0 Å². The molecular weight excluding hydrogens is 356 g/mol. The summed E-state index contributed by atoms with van der Waals surface area (Å²) in [6.45, 7) is 2.25. The fourth-order valence-corrected chi connectivity index (χ4v) is 1.38. The topological polar surface area (TPSA) is 210 Å². The van der Waals surface area contributed by atoms with Gasteiger partial charge in [0.1, 0.15) is 12.1 Å². The number of esters is 2. The van der Waals surface area contributed by atoms with Gasteiger partial charge in [0, 0.05) is 26.7 Å². The first-order chi connectivity index (χ1) is 11.9. The van der Waals surface area contributed by atoms with Gasteiger partial charge in [-0.25, -0.2) is 9.59 Å². The summed E-state index contributed by atoms with van der Waals surface area (Å²) in [6.07, 6.45) is -0.656. The van der Waals surface area contributed by atoms with E-state index in [2.05, 4.69) is 10.1 Å². The molecule has 26 heavy (non-hydrogen) atoms. The van der Waals surface area contributed by atoms with Crippen LogP contribution in [0, 0.1) is 0 Å². The van der Waals surface area contributed by atoms with Crippen LogP contribution in [-0.4, -0.2) is 63.2 Å². The molecule has 0 bridgehead atoms. The van der Waals surface area contributed by atoms with Gasteiger partial charge in [-0.1, -0.05) is 0 Å². The van der Waals surface area contributed by atoms with E-state index in [1.807, 2.05) is 0 Å². The highest BCUT2D eigenvalue weighted by molar-refractivity contribution is 5.87. The van der Waals surface area contributed by atoms with Crippen LogP contribution in [0.4, 0.5) is 0 Å². The highest BCUT2D eigenvalue weighted by Crippen LogP contribution is 1.98. The second-order valence-corrected chi connectivity index (χ2v) is 4.98. The Morgan fingerprint density at radius 3 is 1.73 bits per heavy atom. The number of carboxylic acids is 3. The van der Waals surface area contributed by atoms with Gasteiger partial charge >= 0.3 is 29.8 Å². The van der Waals surface area contributed by atoms with Crippen molar-refractivity contribution in [2.45, 2.75) is 51.6 Å². The lowest BCUT2D eigenvalue weighted by Crippen LogP contribution is -2.39. The van der Waals surface area contributed by atoms with Crippen molar-refractivity contribution in [2.24, 2.45) is 5.73 Å². The number of hydrogen-bond donors (Lipinski definition) is 5. The summed E-state index contributed by atoms with van der Waals surface area (Å²) in [5, 5.41) is 27.2. The maximum atomic E-state index is 10.8. The zero-order valence-corrected chi connectivity index (χ0v) is 14.3. The molecule has 0 aliphatic heterocycles. The van der Waals surface area contributed by atoms with E-state index >= 15 is 0 Å². The van der Waals surface area contributed by atoms with Crippen LogP contribution in [0.2, 0.25) is 0 Å². The third-order valence-electron chi connectivity index (χ3n) is 2.54. The van der Waals surface area contributed by atoms with Gasteiger partial charge in [-0.05, 0) is 12.8 Å². The number of carboxylic acid groups (broad SMARTS) is 3. The molecule has 0 unspecified atom stereocenters. The Morgan fingerprint density at radius 1 is 0.923 bits per heavy atom. The molecule has 0 saturated heterocycles. The normalized spacial score (nSPS) is 11.8. The monoisotopic (exact) mass is 378 g/mol. The Balaban J connectivity index is 0. The average molecular weight is 378 g/mol. The lowest BCUT2D eigenvalue weighted by atomic mass is 10.1. The Kier molecular flexibility index (Phi) is 12.9. The molecule has 0 aliphatic carbocycles. The highest BCUT2D eigenvalue weighted by atomic mass is 16.6. The van der Waals surface area contributed by atoms with Crippen LogP contribution in [0.25, 0.3) is 0 Å². The molecule has 0 aromatic rings. The molecule has 12 nitrogen and oxygen atoms in total. The van der Waals surface area contributed by atoms with E-state index < -0.39 is 47.8 Å². The third kappa shape index (κ3) is 15.9. The van der Waals surface area contributed by atoms with Gasteiger partial charge in [0.25, 0.3) is 0 Å². The molecule has 0 rings (SSSR count). The number of carbonyl (C=O) groups is 6. The van der Waals surface area contributed by atoms with Gasteiger partial charge in [0.05, 0.1) is 0 Å². The summed E-state index contributed by atoms with van der Waals surface area (Å²) in [4.78, 5) is 62.2. The first-order valence-electron chi connectivity index (χ1n) is 7.28. The smallest absolute Gasteiger partial charge is 0.330 e. The second-order valence-electron chi connectivity index (χ2n) is 4.98. The Bertz CT molecular complexity index is 546. The average Bonchev–Trinajstić information content (AvgIpc) is 2.48. The molecule has 2 atom stereocenters. The first-order valence-corrected chi connectivity index (χ1v) is 7.28. The second kappa shape index (κ2) is 13.3. The molecule has 0 radical (unpaired) electrons. The molecule has 0 saturated carbocycles. The van der Waals surface area contributed by atoms with E-state index in [9.17, 15) is 28.8 Å². The van der Waals surface area contributed by atoms with Crippen LogP contribution in [0.1, 0.15) is 39.5 Å². The predicted octanol–water partition coefficient (Wildman–Crippen LogP) is -1.29. The predicted molar refractivity (Wildman–Crippen MR) is 83.7 cm³/mol. The number of aliphatic carboxylic acids is 3. The van der Waals surface area contributed by atoms with Crippen molar-refractivity contribution in [2.75, 3.05) is 0 Å². The minimum absolute atomic E-state index is 0.0402. The van der Waals surface area contributed by atoms with Gasteiger partial charge in [0.15, 0.2) is 0 Å². The molecule has 6 N–H and O–H groups in total. The van der Waals surface area contributed by atoms with Gasteiger partial charge in [-0.15, -0.1) is 0 Å². The van der Waals surface area contributed by atoms with Crippen molar-refractivity contribution < 1.29 is 48.8 Å². The van der Waals surface area contributed by atoms with Crippen molar-refractivity contribution in [1.82, 2.24) is 5.32 Å². The van der Waals surface area contributed by atoms with E-state index in [1.165, 1.54) is 6.92 Å². The Labute approximate surface area is 148 Å². The van der Waals surface area contributed by atoms with Crippen LogP contribution >= 0.6 is 0 Å². The van der Waals surface area contributed by atoms with E-state index in [1.54, 1.807) is 0 Å². The van der Waals surface area contributed by atoms with E-state index in [0.717, 1.165) is 6.92 Å². The number of nitrogens with two attached hydrogens (primary N) is 1. The molecular formula is C14H22N2O10. The summed E-state index contributed by atoms with van der Waals surface area (Å²) in [5.74, 6) is -5.50. The maximum Gasteiger partial charge on any atom is 0.330 e. The lowest BCUT2D eigenvalue weighted by molar-refractivity contribution is -0.159. The minimum atomic E-state index is -1.23. The van der Waals surface area contributed by atoms with E-state index in [0.29, 0.717) is 0 Å². The highest BCUT2D eigenvalue weighted by Gasteiger charge is 2.19. The SMILES string of the molecule is CC(=O)N[C@@H](CCC(=O)O)C(=O)O.CC(=O)OC(=O)[C@@H](N)CCC(=O)O. The van der Waals surface area contributed by atoms with Crippen molar-refractivity contribution in [3.05, 3.63) is 0 Å². The van der Waals surface area contributed by atoms with Gasteiger partial charge in [-0.2, -0.15) is 0 Å². The lowest BCUT2D eigenvalue weighted by Gasteiger charge is -2.10. The van der Waals surface area contributed by atoms with Crippen molar-refractivity contribution in [3.63, 3.8) is 0 Å². The summed E-state index contributed by atoms with van der Waals surface area (Å²) in [5.41, 5.74) is 5.22. The number of hydrogen-bond acceptors (Lipinski definition) is 8. The fraction of sp³-hybridized carbons (Fsp3) is 0.571. The zero-order valence-electron chi connectivity index (χ0n) is 14.3. The van der Waals surface area contributed by atoms with Crippen molar-refractivity contribution >= 4 is 35.8 Å². The molecule has 0 aromatic carbocycles. The number of rotatable bonds is 9. The Morgan fingerprint density at radius 2 is 1.38 bits per heavy atom. The molecule has 0 aromatic heterocycles. The number of amides is 1. The number of carbonyl (C=O) groups excluding carboxylic acids is 3. The summed E-state index contributed by atoms with van der Waals surface area (Å²) >= 11 is 0. The minimum Gasteiger partial charge on any atom is -0.481 e. The first kappa shape index (κ1) is 25.2. The van der Waals surface area contributed by atoms with Crippen LogP contribution in [-0.2, 0) is 33.5 Å². The molecule has 0 fully saturated rings. The van der Waals surface area contributed by atoms with Gasteiger partial charge in [-0.3, -0.25) is 19.2 Å². The number of nitrogens with one attached hydrogen (secondary N) is 1. The third-order valence-corrected chi connectivity index (χ3v) is 2.54. The summed E-state index contributed by atoms with van der Waals surface area (Å²) in [7, 11) is 0. The zero-order chi connectivity index (χ0) is 20.9.